The molecule has 1 N–H and O–H groups in total. The van der Waals surface area contributed by atoms with Crippen LogP contribution in [0.2, 0.25) is 0 Å². The van der Waals surface area contributed by atoms with Crippen molar-refractivity contribution >= 4 is 19.6 Å². The minimum Gasteiger partial charge on any atom is -0.366 e. The van der Waals surface area contributed by atoms with Gasteiger partial charge in [-0.15, -0.1) is 0 Å². The summed E-state index contributed by atoms with van der Waals surface area (Å²) in [6.45, 7) is 5.12. The number of hydrogen-bond donors (Lipinski definition) is 1. The first-order chi connectivity index (χ1) is 8.13. The van der Waals surface area contributed by atoms with E-state index in [2.05, 4.69) is 16.4 Å². The van der Waals surface area contributed by atoms with E-state index >= 15 is 0 Å². The maximum Gasteiger partial charge on any atom is 0.368 e. The summed E-state index contributed by atoms with van der Waals surface area (Å²) in [7, 11) is 3.86. The van der Waals surface area contributed by atoms with Gasteiger partial charge in [-0.05, 0) is 6.92 Å². The summed E-state index contributed by atoms with van der Waals surface area (Å²) in [6, 6.07) is 0. The van der Waals surface area contributed by atoms with Crippen molar-refractivity contribution < 1.29 is 28.7 Å². The molecule has 0 aliphatic rings. The Labute approximate surface area is 109 Å². The topological polar surface area (TPSA) is 72.8 Å². The molecule has 0 saturated carbocycles. The van der Waals surface area contributed by atoms with E-state index < -0.39 is 14.1 Å². The molecule has 0 heterocycles. The lowest BCUT2D eigenvalue weighted by atomic mass is 10.4. The van der Waals surface area contributed by atoms with E-state index in [1.807, 2.05) is 21.1 Å². The molecule has 6 nitrogen and oxygen atoms in total. The molecule has 0 aromatic heterocycles. The number of carbonyl (C=O) groups excluding carboxylic acids is 2. The Balaban J connectivity index is 3.84. The number of quaternary nitrogens is 1. The molecule has 0 spiro atoms. The fraction of sp³-hybridized carbons (Fsp3) is 0.636. The predicted octanol–water partition coefficient (Wildman–Crippen LogP) is 0.659. The first kappa shape index (κ1) is 17.2. The summed E-state index contributed by atoms with van der Waals surface area (Å²) in [5.41, 5.74) is 0.0229. The molecule has 0 aliphatic carbocycles. The summed E-state index contributed by atoms with van der Waals surface area (Å²) in [5, 5.41) is 0. The zero-order valence-corrected chi connectivity index (χ0v) is 12.2. The van der Waals surface area contributed by atoms with Crippen LogP contribution in [0.25, 0.3) is 0 Å². The molecule has 0 amide bonds. The number of nitrogens with zero attached hydrogens (tertiary/aromatic N) is 1. The molecule has 1 unspecified atom stereocenters. The van der Waals surface area contributed by atoms with Crippen molar-refractivity contribution in [2.24, 2.45) is 0 Å². The van der Waals surface area contributed by atoms with Gasteiger partial charge in [0.1, 0.15) is 21.3 Å². The van der Waals surface area contributed by atoms with Gasteiger partial charge in [0, 0.05) is 11.7 Å². The van der Waals surface area contributed by atoms with Gasteiger partial charge in [-0.25, -0.2) is 4.79 Å². The van der Waals surface area contributed by atoms with Crippen LogP contribution in [0.1, 0.15) is 6.92 Å². The van der Waals surface area contributed by atoms with Crippen LogP contribution in [-0.2, 0) is 19.4 Å². The second-order valence-electron chi connectivity index (χ2n) is 4.94. The molecule has 0 aliphatic heterocycles. The summed E-state index contributed by atoms with van der Waals surface area (Å²) in [5.74, 6) is -0.657. The van der Waals surface area contributed by atoms with Crippen molar-refractivity contribution in [3.05, 3.63) is 12.2 Å². The van der Waals surface area contributed by atoms with Crippen LogP contribution >= 0.6 is 8.15 Å². The highest BCUT2D eigenvalue weighted by Crippen LogP contribution is 2.30. The van der Waals surface area contributed by atoms with E-state index in [1.54, 1.807) is 0 Å². The molecule has 7 heteroatoms. The largest absolute Gasteiger partial charge is 0.368 e. The fourth-order valence-corrected chi connectivity index (χ4v) is 1.99. The Morgan fingerprint density at radius 2 is 1.89 bits per heavy atom. The van der Waals surface area contributed by atoms with Gasteiger partial charge in [-0.3, -0.25) is 9.68 Å². The highest BCUT2D eigenvalue weighted by atomic mass is 31.1. The maximum atomic E-state index is 11.6. The second kappa shape index (κ2) is 7.59. The molecule has 0 saturated heterocycles. The van der Waals surface area contributed by atoms with Crippen LogP contribution < -0.4 is 0 Å². The molecule has 0 aromatic carbocycles. The lowest BCUT2D eigenvalue weighted by molar-refractivity contribution is -0.861. The molecule has 18 heavy (non-hydrogen) atoms. The van der Waals surface area contributed by atoms with E-state index in [0.717, 1.165) is 0 Å². The van der Waals surface area contributed by atoms with Crippen molar-refractivity contribution in [3.8, 4) is 0 Å². The summed E-state index contributed by atoms with van der Waals surface area (Å²) in [6.07, 6.45) is 0.150. The summed E-state index contributed by atoms with van der Waals surface area (Å²) >= 11 is 0. The molecule has 0 rings (SSSR count). The average molecular weight is 278 g/mol. The third-order valence-corrected chi connectivity index (χ3v) is 3.09. The molecular weight excluding hydrogens is 257 g/mol. The Morgan fingerprint density at radius 3 is 2.33 bits per heavy atom. The number of likely N-dealkylation sites (N-methyl/N-ethyl adjacent to an activating group) is 1. The summed E-state index contributed by atoms with van der Waals surface area (Å²) in [4.78, 5) is 41.1. The molecular formula is C11H21NO5P+. The lowest BCUT2D eigenvalue weighted by Gasteiger charge is -2.23. The van der Waals surface area contributed by atoms with Crippen LogP contribution in [0.5, 0.6) is 0 Å². The third-order valence-electron chi connectivity index (χ3n) is 1.77. The normalized spacial score (nSPS) is 12.9. The highest BCUT2D eigenvalue weighted by molar-refractivity contribution is 7.69. The number of carbonyl (C=O) groups is 2. The molecule has 0 aromatic rings. The summed E-state index contributed by atoms with van der Waals surface area (Å²) < 4.78 is 0.462. The fourth-order valence-electron chi connectivity index (χ4n) is 0.902. The van der Waals surface area contributed by atoms with Gasteiger partial charge >= 0.3 is 5.97 Å². The standard InChI is InChI=1S/C11H21NO5P/c1-9(2)11(14)17-16-6-7-18(15)10(13)8-12(3,4)5/h15H,1,6-8H2,2-5H3/q+1. The maximum absolute atomic E-state index is 11.6. The molecule has 0 fully saturated rings. The second-order valence-corrected chi connectivity index (χ2v) is 6.68. The molecule has 0 radical (unpaired) electrons. The quantitative estimate of drug-likeness (QED) is 0.176. The van der Waals surface area contributed by atoms with Gasteiger partial charge in [-0.2, -0.15) is 4.89 Å². The van der Waals surface area contributed by atoms with Gasteiger partial charge in [0.2, 0.25) is 5.52 Å². The van der Waals surface area contributed by atoms with Crippen LogP contribution in [0, 0.1) is 0 Å². The van der Waals surface area contributed by atoms with Gasteiger partial charge in [-0.1, -0.05) is 6.58 Å². The van der Waals surface area contributed by atoms with Crippen molar-refractivity contribution in [1.82, 2.24) is 0 Å². The average Bonchev–Trinajstić information content (AvgIpc) is 2.20. The van der Waals surface area contributed by atoms with E-state index in [4.69, 9.17) is 0 Å². The first-order valence-electron chi connectivity index (χ1n) is 5.42. The third kappa shape index (κ3) is 8.31. The lowest BCUT2D eigenvalue weighted by Crippen LogP contribution is -2.39. The Bertz CT molecular complexity index is 324. The highest BCUT2D eigenvalue weighted by Gasteiger charge is 2.22. The Morgan fingerprint density at radius 1 is 1.33 bits per heavy atom. The Hall–Kier alpha value is -0.810. The van der Waals surface area contributed by atoms with Gasteiger partial charge in [0.05, 0.1) is 21.1 Å². The van der Waals surface area contributed by atoms with Crippen LogP contribution in [0.3, 0.4) is 0 Å². The minimum atomic E-state index is -1.75. The zero-order valence-electron chi connectivity index (χ0n) is 11.3. The number of rotatable bonds is 8. The molecule has 104 valence electrons. The monoisotopic (exact) mass is 278 g/mol. The van der Waals surface area contributed by atoms with Crippen molar-refractivity contribution in [2.45, 2.75) is 6.92 Å². The predicted molar refractivity (Wildman–Crippen MR) is 68.8 cm³/mol. The van der Waals surface area contributed by atoms with E-state index in [9.17, 15) is 14.5 Å². The van der Waals surface area contributed by atoms with Crippen LogP contribution in [0.15, 0.2) is 12.2 Å². The van der Waals surface area contributed by atoms with Crippen molar-refractivity contribution in [1.29, 1.82) is 0 Å². The van der Waals surface area contributed by atoms with Crippen molar-refractivity contribution in [3.63, 3.8) is 0 Å². The first-order valence-corrected chi connectivity index (χ1v) is 6.90. The zero-order chi connectivity index (χ0) is 14.3. The van der Waals surface area contributed by atoms with E-state index in [-0.39, 0.29) is 30.4 Å². The van der Waals surface area contributed by atoms with E-state index in [1.165, 1.54) is 6.92 Å². The van der Waals surface area contributed by atoms with Gasteiger partial charge in [0.25, 0.3) is 0 Å². The minimum absolute atomic E-state index is 0.00981. The molecule has 0 bridgehead atoms. The van der Waals surface area contributed by atoms with Gasteiger partial charge in [0.15, 0.2) is 0 Å². The smallest absolute Gasteiger partial charge is 0.366 e. The number of hydrogen-bond acceptors (Lipinski definition) is 5. The van der Waals surface area contributed by atoms with Crippen LogP contribution in [0.4, 0.5) is 0 Å². The Kier molecular flexibility index (Phi) is 7.25. The van der Waals surface area contributed by atoms with E-state index in [0.29, 0.717) is 4.48 Å². The van der Waals surface area contributed by atoms with Gasteiger partial charge < -0.3 is 9.38 Å². The molecule has 1 atom stereocenters. The van der Waals surface area contributed by atoms with Crippen LogP contribution in [-0.4, -0.2) is 61.3 Å². The van der Waals surface area contributed by atoms with Crippen molar-refractivity contribution in [2.75, 3.05) is 40.5 Å². The SMILES string of the molecule is C=C(C)C(=O)OOCCP(O)C(=O)C[N+](C)(C)C.